The minimum Gasteiger partial charge on any atom is -0.369 e. The highest BCUT2D eigenvalue weighted by Crippen LogP contribution is 2.30. The Hall–Kier alpha value is -1.66. The van der Waals surface area contributed by atoms with E-state index >= 15 is 0 Å². The number of rotatable bonds is 5. The largest absolute Gasteiger partial charge is 0.369 e. The minimum atomic E-state index is 0.284. The number of hydrogen-bond acceptors (Lipinski definition) is 5. The van der Waals surface area contributed by atoms with E-state index in [1.807, 2.05) is 24.0 Å². The third-order valence-electron chi connectivity index (χ3n) is 3.33. The average Bonchev–Trinajstić information content (AvgIpc) is 3.05. The van der Waals surface area contributed by atoms with Crippen molar-refractivity contribution in [3.05, 3.63) is 34.4 Å². The molecule has 0 aromatic carbocycles. The predicted octanol–water partition coefficient (Wildman–Crippen LogP) is 3.30. The molecule has 3 aromatic rings. The van der Waals surface area contributed by atoms with Crippen LogP contribution in [0.4, 0.5) is 5.82 Å². The molecule has 0 atom stereocenters. The standard InChI is InChI=1S/C14H16ClN5S/c1-3-9-8-10-12(18-14(15)19-13(10)21-9)17-5-4-11-16-6-7-20(11)2/h6-8H,3-5H2,1-2H3,(H,17,18,19). The van der Waals surface area contributed by atoms with Crippen LogP contribution < -0.4 is 5.32 Å². The third-order valence-corrected chi connectivity index (χ3v) is 4.67. The Morgan fingerprint density at radius 3 is 2.95 bits per heavy atom. The number of fused-ring (bicyclic) bond motifs is 1. The van der Waals surface area contributed by atoms with Crippen molar-refractivity contribution in [1.29, 1.82) is 0 Å². The molecule has 5 nitrogen and oxygen atoms in total. The Labute approximate surface area is 132 Å². The zero-order chi connectivity index (χ0) is 14.8. The summed E-state index contributed by atoms with van der Waals surface area (Å²) in [5, 5.41) is 4.68. The van der Waals surface area contributed by atoms with Crippen molar-refractivity contribution in [2.75, 3.05) is 11.9 Å². The summed E-state index contributed by atoms with van der Waals surface area (Å²) >= 11 is 7.68. The van der Waals surface area contributed by atoms with Gasteiger partial charge in [0.15, 0.2) is 0 Å². The molecular weight excluding hydrogens is 306 g/mol. The summed E-state index contributed by atoms with van der Waals surface area (Å²) in [6.07, 6.45) is 5.58. The smallest absolute Gasteiger partial charge is 0.225 e. The van der Waals surface area contributed by atoms with Crippen LogP contribution in [0.3, 0.4) is 0 Å². The fraction of sp³-hybridized carbons (Fsp3) is 0.357. The molecule has 0 unspecified atom stereocenters. The minimum absolute atomic E-state index is 0.284. The summed E-state index contributed by atoms with van der Waals surface area (Å²) in [6, 6.07) is 2.14. The molecule has 3 rings (SSSR count). The third kappa shape index (κ3) is 3.01. The van der Waals surface area contributed by atoms with Crippen LogP contribution in [-0.2, 0) is 19.9 Å². The summed E-state index contributed by atoms with van der Waals surface area (Å²) in [4.78, 5) is 15.1. The summed E-state index contributed by atoms with van der Waals surface area (Å²) in [7, 11) is 1.99. The van der Waals surface area contributed by atoms with E-state index in [0.717, 1.165) is 41.2 Å². The normalized spacial score (nSPS) is 11.2. The van der Waals surface area contributed by atoms with E-state index in [1.54, 1.807) is 11.3 Å². The molecule has 0 amide bonds. The van der Waals surface area contributed by atoms with Crippen LogP contribution in [0.1, 0.15) is 17.6 Å². The zero-order valence-corrected chi connectivity index (χ0v) is 13.5. The van der Waals surface area contributed by atoms with Crippen molar-refractivity contribution in [3.63, 3.8) is 0 Å². The Morgan fingerprint density at radius 2 is 2.24 bits per heavy atom. The van der Waals surface area contributed by atoms with Gasteiger partial charge in [0.05, 0.1) is 5.39 Å². The molecule has 110 valence electrons. The molecule has 0 aliphatic carbocycles. The number of aryl methyl sites for hydroxylation is 2. The molecule has 3 aromatic heterocycles. The van der Waals surface area contributed by atoms with Gasteiger partial charge >= 0.3 is 0 Å². The lowest BCUT2D eigenvalue weighted by atomic mass is 10.3. The van der Waals surface area contributed by atoms with E-state index in [0.29, 0.717) is 0 Å². The predicted molar refractivity (Wildman–Crippen MR) is 87.2 cm³/mol. The van der Waals surface area contributed by atoms with Gasteiger partial charge in [0.1, 0.15) is 16.5 Å². The van der Waals surface area contributed by atoms with Crippen molar-refractivity contribution in [1.82, 2.24) is 19.5 Å². The second-order valence-electron chi connectivity index (χ2n) is 4.76. The SMILES string of the molecule is CCc1cc2c(NCCc3nccn3C)nc(Cl)nc2s1. The van der Waals surface area contributed by atoms with E-state index in [-0.39, 0.29) is 5.28 Å². The molecule has 0 bridgehead atoms. The molecule has 3 heterocycles. The Morgan fingerprint density at radius 1 is 1.38 bits per heavy atom. The first-order valence-corrected chi connectivity index (χ1v) is 8.03. The number of halogens is 1. The molecule has 0 saturated carbocycles. The van der Waals surface area contributed by atoms with Crippen LogP contribution in [0.2, 0.25) is 5.28 Å². The summed E-state index contributed by atoms with van der Waals surface area (Å²) in [5.74, 6) is 1.84. The lowest BCUT2D eigenvalue weighted by molar-refractivity contribution is 0.789. The second-order valence-corrected chi connectivity index (χ2v) is 6.21. The molecule has 0 aliphatic rings. The topological polar surface area (TPSA) is 55.6 Å². The van der Waals surface area contributed by atoms with Gasteiger partial charge < -0.3 is 9.88 Å². The molecule has 21 heavy (non-hydrogen) atoms. The van der Waals surface area contributed by atoms with Gasteiger partial charge in [-0.05, 0) is 24.1 Å². The molecule has 7 heteroatoms. The lowest BCUT2D eigenvalue weighted by Gasteiger charge is -2.07. The lowest BCUT2D eigenvalue weighted by Crippen LogP contribution is -2.10. The van der Waals surface area contributed by atoms with Gasteiger partial charge in [-0.1, -0.05) is 6.92 Å². The van der Waals surface area contributed by atoms with E-state index in [2.05, 4.69) is 33.3 Å². The quantitative estimate of drug-likeness (QED) is 0.733. The van der Waals surface area contributed by atoms with Crippen LogP contribution in [0.25, 0.3) is 10.2 Å². The highest BCUT2D eigenvalue weighted by Gasteiger charge is 2.10. The van der Waals surface area contributed by atoms with Crippen molar-refractivity contribution in [2.45, 2.75) is 19.8 Å². The van der Waals surface area contributed by atoms with Crippen molar-refractivity contribution >= 4 is 39.0 Å². The fourth-order valence-electron chi connectivity index (χ4n) is 2.18. The van der Waals surface area contributed by atoms with Crippen molar-refractivity contribution < 1.29 is 0 Å². The van der Waals surface area contributed by atoms with Gasteiger partial charge in [-0.3, -0.25) is 0 Å². The fourth-order valence-corrected chi connectivity index (χ4v) is 3.37. The molecule has 0 fully saturated rings. The molecule has 1 N–H and O–H groups in total. The van der Waals surface area contributed by atoms with Crippen LogP contribution in [0, 0.1) is 0 Å². The first-order chi connectivity index (χ1) is 10.2. The number of imidazole rings is 1. The maximum atomic E-state index is 6.01. The van der Waals surface area contributed by atoms with Gasteiger partial charge in [0.25, 0.3) is 0 Å². The number of nitrogens with zero attached hydrogens (tertiary/aromatic N) is 4. The average molecular weight is 322 g/mol. The van der Waals surface area contributed by atoms with Gasteiger partial charge in [-0.15, -0.1) is 11.3 Å². The monoisotopic (exact) mass is 321 g/mol. The Balaban J connectivity index is 1.79. The molecular formula is C14H16ClN5S. The van der Waals surface area contributed by atoms with Gasteiger partial charge in [-0.25, -0.2) is 15.0 Å². The van der Waals surface area contributed by atoms with Crippen LogP contribution in [0.5, 0.6) is 0 Å². The van der Waals surface area contributed by atoms with Gasteiger partial charge in [0.2, 0.25) is 5.28 Å². The first-order valence-electron chi connectivity index (χ1n) is 6.83. The van der Waals surface area contributed by atoms with Crippen LogP contribution >= 0.6 is 22.9 Å². The molecule has 0 saturated heterocycles. The maximum Gasteiger partial charge on any atom is 0.225 e. The number of nitrogens with one attached hydrogen (secondary N) is 1. The number of hydrogen-bond donors (Lipinski definition) is 1. The molecule has 0 radical (unpaired) electrons. The van der Waals surface area contributed by atoms with E-state index < -0.39 is 0 Å². The van der Waals surface area contributed by atoms with Crippen molar-refractivity contribution in [2.24, 2.45) is 7.05 Å². The summed E-state index contributed by atoms with van der Waals surface area (Å²) in [6.45, 7) is 2.89. The van der Waals surface area contributed by atoms with Crippen LogP contribution in [-0.4, -0.2) is 26.1 Å². The van der Waals surface area contributed by atoms with E-state index in [9.17, 15) is 0 Å². The van der Waals surface area contributed by atoms with Gasteiger partial charge in [0, 0.05) is 37.3 Å². The zero-order valence-electron chi connectivity index (χ0n) is 11.9. The van der Waals surface area contributed by atoms with E-state index in [1.165, 1.54) is 4.88 Å². The second kappa shape index (κ2) is 5.99. The first kappa shape index (κ1) is 14.3. The molecule has 0 aliphatic heterocycles. The van der Waals surface area contributed by atoms with E-state index in [4.69, 9.17) is 11.6 Å². The van der Waals surface area contributed by atoms with Crippen molar-refractivity contribution in [3.8, 4) is 0 Å². The summed E-state index contributed by atoms with van der Waals surface area (Å²) in [5.41, 5.74) is 0. The Kier molecular flexibility index (Phi) is 4.07. The van der Waals surface area contributed by atoms with Crippen LogP contribution in [0.15, 0.2) is 18.5 Å². The molecule has 0 spiro atoms. The Bertz CT molecular complexity index is 764. The van der Waals surface area contributed by atoms with Gasteiger partial charge in [-0.2, -0.15) is 0 Å². The maximum absolute atomic E-state index is 6.01. The highest BCUT2D eigenvalue weighted by atomic mass is 35.5. The highest BCUT2D eigenvalue weighted by molar-refractivity contribution is 7.18. The number of anilines is 1. The number of thiophene rings is 1. The summed E-state index contributed by atoms with van der Waals surface area (Å²) < 4.78 is 2.02. The number of aromatic nitrogens is 4.